The number of hydrogen-bond donors (Lipinski definition) is 1. The minimum atomic E-state index is -0.430. The van der Waals surface area contributed by atoms with Crippen molar-refractivity contribution in [1.29, 1.82) is 5.26 Å². The zero-order chi connectivity index (χ0) is 18.9. The Morgan fingerprint density at radius 3 is 2.85 bits per heavy atom. The fraction of sp³-hybridized carbons (Fsp3) is 0.278. The zero-order valence-electron chi connectivity index (χ0n) is 14.3. The number of nitrogens with zero attached hydrogens (tertiary/aromatic N) is 6. The van der Waals surface area contributed by atoms with E-state index in [1.54, 1.807) is 18.3 Å². The Labute approximate surface area is 161 Å². The van der Waals surface area contributed by atoms with Crippen molar-refractivity contribution in [2.75, 3.05) is 31.1 Å². The van der Waals surface area contributed by atoms with E-state index in [4.69, 9.17) is 17.5 Å². The number of pyridine rings is 2. The molecule has 1 N–H and O–H groups in total. The Kier molecular flexibility index (Phi) is 4.41. The summed E-state index contributed by atoms with van der Waals surface area (Å²) in [7, 11) is 0. The van der Waals surface area contributed by atoms with Gasteiger partial charge in [-0.3, -0.25) is 10.4 Å². The summed E-state index contributed by atoms with van der Waals surface area (Å²) in [5.41, 5.74) is 3.74. The molecule has 136 valence electrons. The Balaban J connectivity index is 1.26. The van der Waals surface area contributed by atoms with Crippen LogP contribution in [0.3, 0.4) is 0 Å². The van der Waals surface area contributed by atoms with Gasteiger partial charge in [-0.15, -0.1) is 0 Å². The molecule has 2 aromatic heterocycles. The molecule has 0 radical (unpaired) electrons. The number of aromatic nitrogens is 2. The number of rotatable bonds is 3. The predicted octanol–water partition coefficient (Wildman–Crippen LogP) is 1.52. The lowest BCUT2D eigenvalue weighted by Gasteiger charge is -2.60. The third kappa shape index (κ3) is 3.44. The molecule has 2 aliphatic rings. The van der Waals surface area contributed by atoms with Crippen LogP contribution in [0.15, 0.2) is 41.8 Å². The summed E-state index contributed by atoms with van der Waals surface area (Å²) in [4.78, 5) is 12.4. The number of likely N-dealkylation sites (tertiary alicyclic amines) is 1. The van der Waals surface area contributed by atoms with Crippen LogP contribution in [0, 0.1) is 22.6 Å². The van der Waals surface area contributed by atoms with Gasteiger partial charge in [0.15, 0.2) is 10.9 Å². The number of hydrazone groups is 1. The quantitative estimate of drug-likeness (QED) is 0.490. The van der Waals surface area contributed by atoms with Gasteiger partial charge >= 0.3 is 0 Å². The maximum absolute atomic E-state index is 13.5. The van der Waals surface area contributed by atoms with E-state index in [1.165, 1.54) is 24.5 Å². The van der Waals surface area contributed by atoms with Crippen molar-refractivity contribution in [3.05, 3.63) is 53.7 Å². The first-order valence-corrected chi connectivity index (χ1v) is 8.79. The van der Waals surface area contributed by atoms with Gasteiger partial charge in [0, 0.05) is 44.0 Å². The number of anilines is 1. The van der Waals surface area contributed by atoms with E-state index in [0.717, 1.165) is 32.0 Å². The van der Waals surface area contributed by atoms with Crippen LogP contribution < -0.4 is 10.3 Å². The summed E-state index contributed by atoms with van der Waals surface area (Å²) >= 11 is 5.33. The molecule has 7 nitrogen and oxygen atoms in total. The molecule has 1 spiro atoms. The summed E-state index contributed by atoms with van der Waals surface area (Å²) < 4.78 is 13.5. The minimum absolute atomic E-state index is 0.162. The Hall–Kier alpha value is -3.12. The molecule has 0 aromatic carbocycles. The second-order valence-corrected chi connectivity index (χ2v) is 7.16. The van der Waals surface area contributed by atoms with Crippen molar-refractivity contribution < 1.29 is 4.39 Å². The fourth-order valence-corrected chi connectivity index (χ4v) is 3.59. The van der Waals surface area contributed by atoms with Crippen LogP contribution in [0.5, 0.6) is 0 Å². The molecule has 0 unspecified atom stereocenters. The first kappa shape index (κ1) is 17.3. The van der Waals surface area contributed by atoms with Gasteiger partial charge in [0.05, 0.1) is 17.8 Å². The normalized spacial score (nSPS) is 17.3. The van der Waals surface area contributed by atoms with Crippen LogP contribution in [0.4, 0.5) is 10.2 Å². The van der Waals surface area contributed by atoms with Crippen molar-refractivity contribution >= 4 is 29.4 Å². The van der Waals surface area contributed by atoms with Gasteiger partial charge in [-0.05, 0) is 36.5 Å². The Bertz CT molecular complexity index is 941. The van der Waals surface area contributed by atoms with Crippen molar-refractivity contribution in [2.45, 2.75) is 0 Å². The van der Waals surface area contributed by atoms with Crippen molar-refractivity contribution in [2.24, 2.45) is 10.5 Å². The standard InChI is InChI=1S/C18H16FN7S/c19-14-2-1-4-21-15(14)8-23-24-17(27)26-11-18(12-26)9-25(10-18)16-6-13(7-20)3-5-22-16/h1-6,8H,9-12H2,(H,24,27)/b23-8-. The monoisotopic (exact) mass is 381 g/mol. The lowest BCUT2D eigenvalue weighted by atomic mass is 9.73. The highest BCUT2D eigenvalue weighted by Gasteiger charge is 2.52. The molecule has 4 heterocycles. The van der Waals surface area contributed by atoms with E-state index in [9.17, 15) is 4.39 Å². The first-order valence-electron chi connectivity index (χ1n) is 8.38. The molecule has 2 aliphatic heterocycles. The highest BCUT2D eigenvalue weighted by Crippen LogP contribution is 2.41. The van der Waals surface area contributed by atoms with Gasteiger partial charge in [-0.2, -0.15) is 10.4 Å². The third-order valence-electron chi connectivity index (χ3n) is 4.72. The van der Waals surface area contributed by atoms with Crippen LogP contribution >= 0.6 is 12.2 Å². The zero-order valence-corrected chi connectivity index (χ0v) is 15.2. The second-order valence-electron chi connectivity index (χ2n) is 6.77. The third-order valence-corrected chi connectivity index (χ3v) is 5.07. The van der Waals surface area contributed by atoms with Gasteiger partial charge in [0.2, 0.25) is 0 Å². The number of halogens is 1. The summed E-state index contributed by atoms with van der Waals surface area (Å²) in [5.74, 6) is 0.404. The molecule has 2 saturated heterocycles. The highest BCUT2D eigenvalue weighted by atomic mass is 32.1. The molecule has 9 heteroatoms. The van der Waals surface area contributed by atoms with Gasteiger partial charge in [0.25, 0.3) is 0 Å². The predicted molar refractivity (Wildman–Crippen MR) is 103 cm³/mol. The molecule has 2 aromatic rings. The molecule has 27 heavy (non-hydrogen) atoms. The highest BCUT2D eigenvalue weighted by molar-refractivity contribution is 7.80. The Morgan fingerprint density at radius 2 is 2.11 bits per heavy atom. The maximum atomic E-state index is 13.5. The molecular weight excluding hydrogens is 365 g/mol. The largest absolute Gasteiger partial charge is 0.355 e. The summed E-state index contributed by atoms with van der Waals surface area (Å²) in [6.45, 7) is 3.44. The van der Waals surface area contributed by atoms with Gasteiger partial charge < -0.3 is 9.80 Å². The lowest BCUT2D eigenvalue weighted by molar-refractivity contribution is 0.0283. The van der Waals surface area contributed by atoms with E-state index in [-0.39, 0.29) is 11.1 Å². The van der Waals surface area contributed by atoms with Crippen LogP contribution in [0.1, 0.15) is 11.3 Å². The van der Waals surface area contributed by atoms with E-state index in [0.29, 0.717) is 10.7 Å². The average molecular weight is 381 g/mol. The van der Waals surface area contributed by atoms with Crippen molar-refractivity contribution in [3.8, 4) is 6.07 Å². The lowest BCUT2D eigenvalue weighted by Crippen LogP contribution is -2.73. The van der Waals surface area contributed by atoms with Gasteiger partial charge in [-0.25, -0.2) is 9.37 Å². The molecule has 2 fully saturated rings. The minimum Gasteiger partial charge on any atom is -0.355 e. The van der Waals surface area contributed by atoms with Gasteiger partial charge in [-0.1, -0.05) is 0 Å². The SMILES string of the molecule is N#Cc1ccnc(N2CC3(CN(C(=S)N/N=C\c4ncccc4F)C3)C2)c1. The molecule has 0 bridgehead atoms. The molecule has 0 amide bonds. The second kappa shape index (κ2) is 6.89. The van der Waals surface area contributed by atoms with Crippen LogP contribution in [0.25, 0.3) is 0 Å². The molecule has 0 saturated carbocycles. The Morgan fingerprint density at radius 1 is 1.30 bits per heavy atom. The van der Waals surface area contributed by atoms with Crippen molar-refractivity contribution in [1.82, 2.24) is 20.3 Å². The topological polar surface area (TPSA) is 80.4 Å². The van der Waals surface area contributed by atoms with Crippen LogP contribution in [-0.4, -0.2) is 52.4 Å². The van der Waals surface area contributed by atoms with E-state index < -0.39 is 5.82 Å². The first-order chi connectivity index (χ1) is 13.1. The molecule has 0 aliphatic carbocycles. The van der Waals surface area contributed by atoms with Gasteiger partial charge in [0.1, 0.15) is 11.5 Å². The van der Waals surface area contributed by atoms with Crippen molar-refractivity contribution in [3.63, 3.8) is 0 Å². The summed E-state index contributed by atoms with van der Waals surface area (Å²) in [6.07, 6.45) is 4.48. The maximum Gasteiger partial charge on any atom is 0.189 e. The molecular formula is C18H16FN7S. The average Bonchev–Trinajstić information content (AvgIpc) is 2.61. The number of thiocarbonyl (C=S) groups is 1. The molecule has 4 rings (SSSR count). The smallest absolute Gasteiger partial charge is 0.189 e. The number of hydrogen-bond acceptors (Lipinski definition) is 6. The van der Waals surface area contributed by atoms with E-state index >= 15 is 0 Å². The van der Waals surface area contributed by atoms with E-state index in [1.807, 2.05) is 4.90 Å². The number of nitriles is 1. The van der Waals surface area contributed by atoms with Crippen LogP contribution in [0.2, 0.25) is 0 Å². The molecule has 0 atom stereocenters. The summed E-state index contributed by atoms with van der Waals surface area (Å²) in [6, 6.07) is 8.50. The van der Waals surface area contributed by atoms with E-state index in [2.05, 4.69) is 31.5 Å². The fourth-order valence-electron chi connectivity index (χ4n) is 3.41. The van der Waals surface area contributed by atoms with Crippen LogP contribution in [-0.2, 0) is 0 Å². The number of nitrogens with one attached hydrogen (secondary N) is 1. The summed E-state index contributed by atoms with van der Waals surface area (Å²) in [5, 5.41) is 13.5.